The van der Waals surface area contributed by atoms with E-state index in [4.69, 9.17) is 16.3 Å². The van der Waals surface area contributed by atoms with Crippen LogP contribution in [0.1, 0.15) is 12.0 Å². The zero-order valence-electron chi connectivity index (χ0n) is 14.9. The Morgan fingerprint density at radius 1 is 1.19 bits per heavy atom. The number of carbonyl (C=O) groups is 2. The maximum absolute atomic E-state index is 13.1. The summed E-state index contributed by atoms with van der Waals surface area (Å²) >= 11 is 9.69. The highest BCUT2D eigenvalue weighted by atomic mass is 79.9. The number of hydrogen-bond donors (Lipinski definition) is 0. The van der Waals surface area contributed by atoms with Crippen molar-refractivity contribution >= 4 is 45.2 Å². The maximum atomic E-state index is 13.1. The smallest absolute Gasteiger partial charge is 0.324 e. The van der Waals surface area contributed by atoms with Crippen molar-refractivity contribution in [1.29, 1.82) is 0 Å². The van der Waals surface area contributed by atoms with E-state index in [1.165, 1.54) is 7.11 Å². The number of urea groups is 1. The zero-order chi connectivity index (χ0) is 19.4. The summed E-state index contributed by atoms with van der Waals surface area (Å²) in [6.07, 6.45) is 0.260. The summed E-state index contributed by atoms with van der Waals surface area (Å²) in [5.41, 5.74) is 1.67. The molecule has 0 aromatic heterocycles. The van der Waals surface area contributed by atoms with E-state index in [-0.39, 0.29) is 24.3 Å². The molecule has 0 N–H and O–H groups in total. The molecule has 2 aromatic carbocycles. The van der Waals surface area contributed by atoms with E-state index in [9.17, 15) is 9.59 Å². The average Bonchev–Trinajstić information content (AvgIpc) is 2.66. The van der Waals surface area contributed by atoms with Crippen LogP contribution >= 0.6 is 27.5 Å². The SMILES string of the molecule is COC(=O)CC1CN(Cc2ccccc2Cl)C(=O)N(c2ccc(Br)cc2)C1. The monoisotopic (exact) mass is 450 g/mol. The molecule has 2 amide bonds. The van der Waals surface area contributed by atoms with Crippen molar-refractivity contribution in [3.63, 3.8) is 0 Å². The molecule has 1 aliphatic heterocycles. The molecule has 1 saturated heterocycles. The molecule has 0 bridgehead atoms. The fourth-order valence-corrected chi connectivity index (χ4v) is 3.66. The molecular weight excluding hydrogens is 432 g/mol. The Morgan fingerprint density at radius 2 is 1.89 bits per heavy atom. The quantitative estimate of drug-likeness (QED) is 0.618. The minimum absolute atomic E-state index is 0.0266. The number of carbonyl (C=O) groups excluding carboxylic acids is 2. The lowest BCUT2D eigenvalue weighted by Gasteiger charge is -2.40. The van der Waals surface area contributed by atoms with Crippen molar-refractivity contribution in [2.24, 2.45) is 5.92 Å². The lowest BCUT2D eigenvalue weighted by atomic mass is 10.0. The molecule has 0 radical (unpaired) electrons. The predicted molar refractivity (Wildman–Crippen MR) is 109 cm³/mol. The molecule has 0 spiro atoms. The Kier molecular flexibility index (Phi) is 6.39. The van der Waals surface area contributed by atoms with Gasteiger partial charge in [0.1, 0.15) is 0 Å². The van der Waals surface area contributed by atoms with E-state index in [1.807, 2.05) is 48.5 Å². The van der Waals surface area contributed by atoms with Crippen LogP contribution < -0.4 is 4.90 Å². The first kappa shape index (κ1) is 19.7. The molecule has 5 nitrogen and oxygen atoms in total. The summed E-state index contributed by atoms with van der Waals surface area (Å²) in [7, 11) is 1.38. The Hall–Kier alpha value is -2.05. The molecule has 3 rings (SSSR count). The van der Waals surface area contributed by atoms with Gasteiger partial charge in [0.15, 0.2) is 0 Å². The third-order valence-electron chi connectivity index (χ3n) is 4.56. The van der Waals surface area contributed by atoms with Gasteiger partial charge >= 0.3 is 12.0 Å². The molecule has 1 unspecified atom stereocenters. The first-order valence-electron chi connectivity index (χ1n) is 8.60. The third kappa shape index (κ3) is 4.82. The van der Waals surface area contributed by atoms with Crippen molar-refractivity contribution in [1.82, 2.24) is 4.90 Å². The number of halogens is 2. The summed E-state index contributed by atoms with van der Waals surface area (Å²) in [6, 6.07) is 14.9. The number of hydrogen-bond acceptors (Lipinski definition) is 3. The second kappa shape index (κ2) is 8.76. The van der Waals surface area contributed by atoms with E-state index in [0.29, 0.717) is 24.7 Å². The van der Waals surface area contributed by atoms with Crippen LogP contribution in [0, 0.1) is 5.92 Å². The normalized spacial score (nSPS) is 17.1. The number of esters is 1. The molecule has 0 saturated carbocycles. The highest BCUT2D eigenvalue weighted by Gasteiger charge is 2.34. The Morgan fingerprint density at radius 3 is 2.56 bits per heavy atom. The van der Waals surface area contributed by atoms with Gasteiger partial charge in [-0.2, -0.15) is 0 Å². The Bertz CT molecular complexity index is 828. The molecule has 1 aliphatic rings. The second-order valence-electron chi connectivity index (χ2n) is 6.49. The minimum atomic E-state index is -0.275. The van der Waals surface area contributed by atoms with Gasteiger partial charge in [0, 0.05) is 40.7 Å². The standard InChI is InChI=1S/C20H20BrClN2O3/c1-27-19(25)10-14-11-23(13-15-4-2-3-5-18(15)22)20(26)24(12-14)17-8-6-16(21)7-9-17/h2-9,14H,10-13H2,1H3. The van der Waals surface area contributed by atoms with Gasteiger partial charge in [0.05, 0.1) is 13.5 Å². The highest BCUT2D eigenvalue weighted by Crippen LogP contribution is 2.28. The molecule has 142 valence electrons. The van der Waals surface area contributed by atoms with E-state index >= 15 is 0 Å². The second-order valence-corrected chi connectivity index (χ2v) is 7.81. The minimum Gasteiger partial charge on any atom is -0.469 e. The summed E-state index contributed by atoms with van der Waals surface area (Å²) in [6.45, 7) is 1.34. The topological polar surface area (TPSA) is 49.9 Å². The molecular formula is C20H20BrClN2O3. The summed E-state index contributed by atoms with van der Waals surface area (Å²) in [4.78, 5) is 28.4. The zero-order valence-corrected chi connectivity index (χ0v) is 17.2. The number of nitrogens with zero attached hydrogens (tertiary/aromatic N) is 2. The van der Waals surface area contributed by atoms with Gasteiger partial charge in [-0.15, -0.1) is 0 Å². The van der Waals surface area contributed by atoms with Gasteiger partial charge in [-0.3, -0.25) is 9.69 Å². The third-order valence-corrected chi connectivity index (χ3v) is 5.46. The fourth-order valence-electron chi connectivity index (χ4n) is 3.20. The van der Waals surface area contributed by atoms with Crippen LogP contribution in [0.15, 0.2) is 53.0 Å². The number of benzene rings is 2. The molecule has 27 heavy (non-hydrogen) atoms. The van der Waals surface area contributed by atoms with E-state index in [0.717, 1.165) is 15.7 Å². The lowest BCUT2D eigenvalue weighted by molar-refractivity contribution is -0.141. The van der Waals surface area contributed by atoms with Crippen LogP contribution in [0.3, 0.4) is 0 Å². The summed E-state index contributed by atoms with van der Waals surface area (Å²) < 4.78 is 5.76. The van der Waals surface area contributed by atoms with Crippen molar-refractivity contribution in [2.75, 3.05) is 25.1 Å². The molecule has 0 aliphatic carbocycles. The van der Waals surface area contributed by atoms with Crippen LogP contribution in [-0.4, -0.2) is 37.1 Å². The van der Waals surface area contributed by atoms with Crippen molar-refractivity contribution in [3.05, 3.63) is 63.6 Å². The first-order valence-corrected chi connectivity index (χ1v) is 9.77. The number of amides is 2. The van der Waals surface area contributed by atoms with Gasteiger partial charge in [0.2, 0.25) is 0 Å². The number of methoxy groups -OCH3 is 1. The molecule has 1 fully saturated rings. The van der Waals surface area contributed by atoms with Crippen molar-refractivity contribution < 1.29 is 14.3 Å². The Labute approximate surface area is 172 Å². The van der Waals surface area contributed by atoms with Crippen LogP contribution in [0.4, 0.5) is 10.5 Å². The first-order chi connectivity index (χ1) is 13.0. The maximum Gasteiger partial charge on any atom is 0.324 e. The molecule has 7 heteroatoms. The number of anilines is 1. The average molecular weight is 452 g/mol. The molecule has 2 aromatic rings. The number of ether oxygens (including phenoxy) is 1. The fraction of sp³-hybridized carbons (Fsp3) is 0.300. The van der Waals surface area contributed by atoms with Gasteiger partial charge in [-0.05, 0) is 35.9 Å². The van der Waals surface area contributed by atoms with Crippen LogP contribution in [0.25, 0.3) is 0 Å². The predicted octanol–water partition coefficient (Wildman–Crippen LogP) is 4.72. The van der Waals surface area contributed by atoms with Gasteiger partial charge in [-0.25, -0.2) is 4.79 Å². The van der Waals surface area contributed by atoms with Gasteiger partial charge in [-0.1, -0.05) is 45.7 Å². The van der Waals surface area contributed by atoms with Crippen molar-refractivity contribution in [2.45, 2.75) is 13.0 Å². The Balaban J connectivity index is 1.86. The van der Waals surface area contributed by atoms with Crippen LogP contribution in [0.5, 0.6) is 0 Å². The van der Waals surface area contributed by atoms with Crippen LogP contribution in [0.2, 0.25) is 5.02 Å². The van der Waals surface area contributed by atoms with Gasteiger partial charge < -0.3 is 9.64 Å². The largest absolute Gasteiger partial charge is 0.469 e. The highest BCUT2D eigenvalue weighted by molar-refractivity contribution is 9.10. The summed E-state index contributed by atoms with van der Waals surface area (Å²) in [5.74, 6) is -0.302. The van der Waals surface area contributed by atoms with Gasteiger partial charge in [0.25, 0.3) is 0 Å². The lowest BCUT2D eigenvalue weighted by Crippen LogP contribution is -2.53. The number of rotatable bonds is 5. The van der Waals surface area contributed by atoms with Crippen LogP contribution in [-0.2, 0) is 16.1 Å². The van der Waals surface area contributed by atoms with E-state index in [2.05, 4.69) is 15.9 Å². The summed E-state index contributed by atoms with van der Waals surface area (Å²) in [5, 5.41) is 0.621. The van der Waals surface area contributed by atoms with E-state index < -0.39 is 0 Å². The van der Waals surface area contributed by atoms with E-state index in [1.54, 1.807) is 9.80 Å². The molecule has 1 atom stereocenters. The van der Waals surface area contributed by atoms with Crippen molar-refractivity contribution in [3.8, 4) is 0 Å². The molecule has 1 heterocycles.